The topological polar surface area (TPSA) is 78.4 Å². The molecule has 3 atom stereocenters. The predicted molar refractivity (Wildman–Crippen MR) is 69.2 cm³/mol. The molecule has 1 aliphatic rings. The van der Waals surface area contributed by atoms with Crippen LogP contribution in [-0.4, -0.2) is 36.1 Å². The van der Waals surface area contributed by atoms with Crippen LogP contribution in [0.15, 0.2) is 0 Å². The number of carboxylic acids is 1. The van der Waals surface area contributed by atoms with Gasteiger partial charge in [-0.1, -0.05) is 13.8 Å². The minimum Gasteiger partial charge on any atom is -0.481 e. The molecule has 1 fully saturated rings. The third kappa shape index (κ3) is 4.64. The molecule has 0 radical (unpaired) electrons. The van der Waals surface area contributed by atoms with E-state index in [1.165, 1.54) is 0 Å². The Labute approximate surface area is 108 Å². The minimum atomic E-state index is -0.774. The number of hydrogen-bond donors (Lipinski definition) is 3. The van der Waals surface area contributed by atoms with E-state index in [0.717, 1.165) is 19.4 Å². The van der Waals surface area contributed by atoms with E-state index in [9.17, 15) is 9.59 Å². The van der Waals surface area contributed by atoms with E-state index < -0.39 is 5.97 Å². The SMILES string of the molecule is CC(CCCNC(=O)C1NCCCC1C)C(=O)O. The van der Waals surface area contributed by atoms with Crippen molar-refractivity contribution in [3.63, 3.8) is 0 Å². The van der Waals surface area contributed by atoms with Crippen molar-refractivity contribution in [3.8, 4) is 0 Å². The summed E-state index contributed by atoms with van der Waals surface area (Å²) in [4.78, 5) is 22.5. The predicted octanol–water partition coefficient (Wildman–Crippen LogP) is 0.992. The Kier molecular flexibility index (Phi) is 6.12. The van der Waals surface area contributed by atoms with Crippen LogP contribution in [0.4, 0.5) is 0 Å². The summed E-state index contributed by atoms with van der Waals surface area (Å²) < 4.78 is 0. The molecule has 3 unspecified atom stereocenters. The van der Waals surface area contributed by atoms with Gasteiger partial charge in [0.05, 0.1) is 12.0 Å². The smallest absolute Gasteiger partial charge is 0.306 e. The summed E-state index contributed by atoms with van der Waals surface area (Å²) in [7, 11) is 0. The van der Waals surface area contributed by atoms with Crippen molar-refractivity contribution in [1.82, 2.24) is 10.6 Å². The fourth-order valence-electron chi connectivity index (χ4n) is 2.25. The van der Waals surface area contributed by atoms with Gasteiger partial charge in [0, 0.05) is 6.54 Å². The van der Waals surface area contributed by atoms with Gasteiger partial charge in [-0.05, 0) is 38.1 Å². The van der Waals surface area contributed by atoms with Crippen LogP contribution >= 0.6 is 0 Å². The van der Waals surface area contributed by atoms with E-state index in [1.807, 2.05) is 0 Å². The first-order valence-corrected chi connectivity index (χ1v) is 6.76. The molecule has 18 heavy (non-hydrogen) atoms. The fourth-order valence-corrected chi connectivity index (χ4v) is 2.25. The number of carboxylic acid groups (broad SMARTS) is 1. The first-order valence-electron chi connectivity index (χ1n) is 6.76. The second-order valence-electron chi connectivity index (χ2n) is 5.22. The van der Waals surface area contributed by atoms with Gasteiger partial charge in [-0.2, -0.15) is 0 Å². The Morgan fingerprint density at radius 2 is 2.22 bits per heavy atom. The zero-order valence-corrected chi connectivity index (χ0v) is 11.2. The van der Waals surface area contributed by atoms with Crippen molar-refractivity contribution in [2.45, 2.75) is 45.6 Å². The van der Waals surface area contributed by atoms with Gasteiger partial charge in [-0.3, -0.25) is 9.59 Å². The molecule has 0 aliphatic carbocycles. The number of piperidine rings is 1. The third-order valence-electron chi connectivity index (χ3n) is 3.59. The molecule has 104 valence electrons. The molecule has 5 nitrogen and oxygen atoms in total. The molecule has 3 N–H and O–H groups in total. The maximum Gasteiger partial charge on any atom is 0.306 e. The summed E-state index contributed by atoms with van der Waals surface area (Å²) in [6.45, 7) is 5.23. The van der Waals surface area contributed by atoms with Crippen LogP contribution < -0.4 is 10.6 Å². The molecular formula is C13H24N2O3. The Balaban J connectivity index is 2.18. The second-order valence-corrected chi connectivity index (χ2v) is 5.22. The van der Waals surface area contributed by atoms with Gasteiger partial charge in [0.25, 0.3) is 0 Å². The number of carbonyl (C=O) groups is 2. The highest BCUT2D eigenvalue weighted by Gasteiger charge is 2.26. The zero-order valence-electron chi connectivity index (χ0n) is 11.2. The van der Waals surface area contributed by atoms with Gasteiger partial charge in [0.15, 0.2) is 0 Å². The highest BCUT2D eigenvalue weighted by molar-refractivity contribution is 5.82. The summed E-state index contributed by atoms with van der Waals surface area (Å²) in [6.07, 6.45) is 3.52. The Morgan fingerprint density at radius 3 is 2.83 bits per heavy atom. The number of amides is 1. The van der Waals surface area contributed by atoms with Gasteiger partial charge >= 0.3 is 5.97 Å². The number of aliphatic carboxylic acids is 1. The van der Waals surface area contributed by atoms with Crippen LogP contribution in [-0.2, 0) is 9.59 Å². The van der Waals surface area contributed by atoms with Gasteiger partial charge < -0.3 is 15.7 Å². The standard InChI is InChI=1S/C13H24N2O3/c1-9-5-3-7-14-11(9)12(16)15-8-4-6-10(2)13(17)18/h9-11,14H,3-8H2,1-2H3,(H,15,16)(H,17,18). The summed E-state index contributed by atoms with van der Waals surface area (Å²) in [5, 5.41) is 14.8. The Bertz CT molecular complexity index is 294. The van der Waals surface area contributed by atoms with Crippen LogP contribution in [0, 0.1) is 11.8 Å². The van der Waals surface area contributed by atoms with E-state index in [1.54, 1.807) is 6.92 Å². The zero-order chi connectivity index (χ0) is 13.5. The lowest BCUT2D eigenvalue weighted by Crippen LogP contribution is -2.51. The van der Waals surface area contributed by atoms with Crippen LogP contribution in [0.2, 0.25) is 0 Å². The molecule has 0 aromatic carbocycles. The van der Waals surface area contributed by atoms with Gasteiger partial charge in [0.1, 0.15) is 0 Å². The Hall–Kier alpha value is -1.10. The molecule has 5 heteroatoms. The van der Waals surface area contributed by atoms with Gasteiger partial charge in [0.2, 0.25) is 5.91 Å². The van der Waals surface area contributed by atoms with Gasteiger partial charge in [-0.25, -0.2) is 0 Å². The average molecular weight is 256 g/mol. The van der Waals surface area contributed by atoms with Crippen molar-refractivity contribution >= 4 is 11.9 Å². The van der Waals surface area contributed by atoms with Crippen molar-refractivity contribution in [2.24, 2.45) is 11.8 Å². The highest BCUT2D eigenvalue weighted by Crippen LogP contribution is 2.15. The maximum absolute atomic E-state index is 11.9. The van der Waals surface area contributed by atoms with Crippen molar-refractivity contribution in [1.29, 1.82) is 0 Å². The van der Waals surface area contributed by atoms with E-state index in [4.69, 9.17) is 5.11 Å². The lowest BCUT2D eigenvalue weighted by atomic mass is 9.92. The molecule has 1 saturated heterocycles. The molecule has 1 amide bonds. The second kappa shape index (κ2) is 7.36. The molecular weight excluding hydrogens is 232 g/mol. The summed E-state index contributed by atoms with van der Waals surface area (Å²) in [5.41, 5.74) is 0. The van der Waals surface area contributed by atoms with Crippen LogP contribution in [0.5, 0.6) is 0 Å². The third-order valence-corrected chi connectivity index (χ3v) is 3.59. The number of nitrogens with one attached hydrogen (secondary N) is 2. The van der Waals surface area contributed by atoms with Crippen molar-refractivity contribution in [3.05, 3.63) is 0 Å². The fraction of sp³-hybridized carbons (Fsp3) is 0.846. The first kappa shape index (κ1) is 15.0. The normalized spacial score (nSPS) is 25.4. The minimum absolute atomic E-state index is 0.0465. The van der Waals surface area contributed by atoms with E-state index in [0.29, 0.717) is 25.3 Å². The number of hydrogen-bond acceptors (Lipinski definition) is 3. The molecule has 1 heterocycles. The quantitative estimate of drug-likeness (QED) is 0.619. The van der Waals surface area contributed by atoms with Crippen molar-refractivity contribution < 1.29 is 14.7 Å². The highest BCUT2D eigenvalue weighted by atomic mass is 16.4. The molecule has 0 aromatic rings. The Morgan fingerprint density at radius 1 is 1.50 bits per heavy atom. The van der Waals surface area contributed by atoms with Gasteiger partial charge in [-0.15, -0.1) is 0 Å². The van der Waals surface area contributed by atoms with E-state index >= 15 is 0 Å². The monoisotopic (exact) mass is 256 g/mol. The molecule has 0 aromatic heterocycles. The largest absolute Gasteiger partial charge is 0.481 e. The average Bonchev–Trinajstić information content (AvgIpc) is 2.34. The summed E-state index contributed by atoms with van der Waals surface area (Å²) in [5.74, 6) is -0.695. The lowest BCUT2D eigenvalue weighted by Gasteiger charge is -2.28. The van der Waals surface area contributed by atoms with Crippen LogP contribution in [0.3, 0.4) is 0 Å². The van der Waals surface area contributed by atoms with Crippen LogP contribution in [0.1, 0.15) is 39.5 Å². The number of carbonyl (C=O) groups excluding carboxylic acids is 1. The molecule has 0 bridgehead atoms. The summed E-state index contributed by atoms with van der Waals surface area (Å²) in [6, 6.07) is -0.0874. The molecule has 0 saturated carbocycles. The van der Waals surface area contributed by atoms with Crippen molar-refractivity contribution in [2.75, 3.05) is 13.1 Å². The first-order chi connectivity index (χ1) is 8.52. The lowest BCUT2D eigenvalue weighted by molar-refractivity contribution is -0.141. The maximum atomic E-state index is 11.9. The summed E-state index contributed by atoms with van der Waals surface area (Å²) >= 11 is 0. The number of rotatable bonds is 6. The van der Waals surface area contributed by atoms with E-state index in [2.05, 4.69) is 17.6 Å². The molecule has 1 rings (SSSR count). The van der Waals surface area contributed by atoms with E-state index in [-0.39, 0.29) is 17.9 Å². The molecule has 0 spiro atoms. The van der Waals surface area contributed by atoms with Crippen LogP contribution in [0.25, 0.3) is 0 Å². The molecule has 1 aliphatic heterocycles.